The summed E-state index contributed by atoms with van der Waals surface area (Å²) < 4.78 is 5.76. The average Bonchev–Trinajstić information content (AvgIpc) is 3.04. The van der Waals surface area contributed by atoms with Gasteiger partial charge in [0, 0.05) is 12.0 Å². The summed E-state index contributed by atoms with van der Waals surface area (Å²) in [6.45, 7) is 1.63. The van der Waals surface area contributed by atoms with Crippen molar-refractivity contribution in [2.45, 2.75) is 43.9 Å². The third kappa shape index (κ3) is 2.15. The minimum atomic E-state index is -0.0128. The summed E-state index contributed by atoms with van der Waals surface area (Å²) in [6.07, 6.45) is 4.96. The molecule has 2 N–H and O–H groups in total. The van der Waals surface area contributed by atoms with Crippen LogP contribution in [0.15, 0.2) is 22.5 Å². The zero-order valence-corrected chi connectivity index (χ0v) is 12.2. The molecule has 1 saturated carbocycles. The van der Waals surface area contributed by atoms with Crippen molar-refractivity contribution in [1.82, 2.24) is 4.90 Å². The Kier molecular flexibility index (Phi) is 3.50. The Morgan fingerprint density at radius 3 is 3.21 bits per heavy atom. The van der Waals surface area contributed by atoms with Gasteiger partial charge in [-0.25, -0.2) is 0 Å². The molecule has 1 aliphatic carbocycles. The van der Waals surface area contributed by atoms with Crippen LogP contribution in [0.2, 0.25) is 0 Å². The Bertz CT molecular complexity index is 459. The molecule has 5 heteroatoms. The Hall–Kier alpha value is -1.07. The van der Waals surface area contributed by atoms with Crippen molar-refractivity contribution < 1.29 is 4.74 Å². The first-order chi connectivity index (χ1) is 9.26. The van der Waals surface area contributed by atoms with E-state index in [-0.39, 0.29) is 11.6 Å². The van der Waals surface area contributed by atoms with Gasteiger partial charge in [-0.3, -0.25) is 4.99 Å². The second-order valence-electron chi connectivity index (χ2n) is 5.41. The van der Waals surface area contributed by atoms with Crippen LogP contribution in [-0.4, -0.2) is 36.2 Å². The van der Waals surface area contributed by atoms with E-state index >= 15 is 0 Å². The van der Waals surface area contributed by atoms with Gasteiger partial charge in [0.05, 0.1) is 24.7 Å². The molecule has 3 rings (SSSR count). The molecule has 19 heavy (non-hydrogen) atoms. The maximum Gasteiger partial charge on any atom is 0.192 e. The number of aliphatic imine (C=N–C) groups is 1. The normalized spacial score (nSPS) is 30.9. The fourth-order valence-corrected chi connectivity index (χ4v) is 4.12. The molecule has 2 unspecified atom stereocenters. The third-order valence-electron chi connectivity index (χ3n) is 4.43. The summed E-state index contributed by atoms with van der Waals surface area (Å²) in [4.78, 5) is 8.14. The lowest BCUT2D eigenvalue weighted by Crippen LogP contribution is -2.60. The van der Waals surface area contributed by atoms with Gasteiger partial charge in [-0.05, 0) is 24.3 Å². The lowest BCUT2D eigenvalue weighted by molar-refractivity contribution is -0.0441. The minimum Gasteiger partial charge on any atom is -0.379 e. The highest BCUT2D eigenvalue weighted by Crippen LogP contribution is 2.39. The molecular formula is C14H21N3OS. The molecule has 1 aromatic rings. The maximum atomic E-state index is 6.14. The Labute approximate surface area is 118 Å². The molecule has 1 aliphatic heterocycles. The summed E-state index contributed by atoms with van der Waals surface area (Å²) in [5.41, 5.74) is 6.13. The summed E-state index contributed by atoms with van der Waals surface area (Å²) in [6, 6.07) is 4.25. The molecule has 1 aromatic heterocycles. The molecule has 4 nitrogen and oxygen atoms in total. The second kappa shape index (κ2) is 5.13. The topological polar surface area (TPSA) is 50.9 Å². The highest BCUT2D eigenvalue weighted by Gasteiger charge is 2.49. The predicted molar refractivity (Wildman–Crippen MR) is 78.3 cm³/mol. The van der Waals surface area contributed by atoms with E-state index in [9.17, 15) is 0 Å². The molecular weight excluding hydrogens is 258 g/mol. The SMILES string of the molecule is COC1CCCCC12CN=C(N)N2Cc1cccs1. The number of hydrogen-bond donors (Lipinski definition) is 1. The highest BCUT2D eigenvalue weighted by atomic mass is 32.1. The van der Waals surface area contributed by atoms with E-state index in [4.69, 9.17) is 10.5 Å². The molecule has 0 radical (unpaired) electrons. The standard InChI is InChI=1S/C14H21N3OS/c1-18-12-6-2-3-7-14(12)10-16-13(15)17(14)9-11-5-4-8-19-11/h4-5,8,12H,2-3,6-7,9-10H2,1H3,(H2,15,16). The quantitative estimate of drug-likeness (QED) is 0.923. The maximum absolute atomic E-state index is 6.14. The van der Waals surface area contributed by atoms with E-state index < -0.39 is 0 Å². The first-order valence-corrected chi connectivity index (χ1v) is 7.77. The van der Waals surface area contributed by atoms with Crippen LogP contribution < -0.4 is 5.73 Å². The van der Waals surface area contributed by atoms with Gasteiger partial charge in [0.25, 0.3) is 0 Å². The van der Waals surface area contributed by atoms with Crippen molar-refractivity contribution in [2.24, 2.45) is 10.7 Å². The number of hydrogen-bond acceptors (Lipinski definition) is 5. The van der Waals surface area contributed by atoms with Gasteiger partial charge in [-0.15, -0.1) is 11.3 Å². The van der Waals surface area contributed by atoms with Crippen LogP contribution in [0.3, 0.4) is 0 Å². The smallest absolute Gasteiger partial charge is 0.192 e. The zero-order chi connectivity index (χ0) is 13.3. The summed E-state index contributed by atoms with van der Waals surface area (Å²) in [5, 5.41) is 2.11. The second-order valence-corrected chi connectivity index (χ2v) is 6.45. The van der Waals surface area contributed by atoms with Gasteiger partial charge in [-0.2, -0.15) is 0 Å². The van der Waals surface area contributed by atoms with Crippen LogP contribution >= 0.6 is 11.3 Å². The van der Waals surface area contributed by atoms with E-state index in [1.807, 2.05) is 7.11 Å². The van der Waals surface area contributed by atoms with E-state index in [1.54, 1.807) is 11.3 Å². The van der Waals surface area contributed by atoms with Crippen molar-refractivity contribution in [3.63, 3.8) is 0 Å². The molecule has 0 bridgehead atoms. The molecule has 0 amide bonds. The Morgan fingerprint density at radius 2 is 2.47 bits per heavy atom. The average molecular weight is 279 g/mol. The van der Waals surface area contributed by atoms with Crippen LogP contribution in [-0.2, 0) is 11.3 Å². The van der Waals surface area contributed by atoms with Crippen LogP contribution in [0.1, 0.15) is 30.6 Å². The molecule has 2 heterocycles. The third-order valence-corrected chi connectivity index (χ3v) is 5.29. The number of methoxy groups -OCH3 is 1. The molecule has 1 spiro atoms. The van der Waals surface area contributed by atoms with Gasteiger partial charge >= 0.3 is 0 Å². The van der Waals surface area contributed by atoms with Gasteiger partial charge in [0.1, 0.15) is 0 Å². The number of nitrogens with zero attached hydrogens (tertiary/aromatic N) is 2. The van der Waals surface area contributed by atoms with Crippen molar-refractivity contribution in [1.29, 1.82) is 0 Å². The largest absolute Gasteiger partial charge is 0.379 e. The van der Waals surface area contributed by atoms with Gasteiger partial charge in [-0.1, -0.05) is 18.9 Å². The van der Waals surface area contributed by atoms with Crippen molar-refractivity contribution >= 4 is 17.3 Å². The first kappa shape index (κ1) is 12.9. The Morgan fingerprint density at radius 1 is 1.58 bits per heavy atom. The Balaban J connectivity index is 1.87. The summed E-state index contributed by atoms with van der Waals surface area (Å²) in [5.74, 6) is 0.678. The molecule has 2 atom stereocenters. The summed E-state index contributed by atoms with van der Waals surface area (Å²) >= 11 is 1.77. The summed E-state index contributed by atoms with van der Waals surface area (Å²) in [7, 11) is 1.82. The van der Waals surface area contributed by atoms with Gasteiger partial charge < -0.3 is 15.4 Å². The molecule has 0 saturated heterocycles. The molecule has 0 aromatic carbocycles. The van der Waals surface area contributed by atoms with Gasteiger partial charge in [0.2, 0.25) is 0 Å². The zero-order valence-electron chi connectivity index (χ0n) is 11.3. The van der Waals surface area contributed by atoms with Crippen molar-refractivity contribution in [3.8, 4) is 0 Å². The fraction of sp³-hybridized carbons (Fsp3) is 0.643. The van der Waals surface area contributed by atoms with Crippen LogP contribution in [0, 0.1) is 0 Å². The molecule has 104 valence electrons. The lowest BCUT2D eigenvalue weighted by Gasteiger charge is -2.46. The van der Waals surface area contributed by atoms with Crippen molar-refractivity contribution in [3.05, 3.63) is 22.4 Å². The number of ether oxygens (including phenoxy) is 1. The number of rotatable bonds is 3. The lowest BCUT2D eigenvalue weighted by atomic mass is 9.78. The molecule has 1 fully saturated rings. The van der Waals surface area contributed by atoms with Gasteiger partial charge in [0.15, 0.2) is 5.96 Å². The van der Waals surface area contributed by atoms with E-state index in [1.165, 1.54) is 17.7 Å². The number of guanidine groups is 1. The van der Waals surface area contributed by atoms with E-state index in [2.05, 4.69) is 27.4 Å². The highest BCUT2D eigenvalue weighted by molar-refractivity contribution is 7.09. The van der Waals surface area contributed by atoms with E-state index in [0.29, 0.717) is 5.96 Å². The van der Waals surface area contributed by atoms with Crippen LogP contribution in [0.25, 0.3) is 0 Å². The van der Waals surface area contributed by atoms with Crippen LogP contribution in [0.5, 0.6) is 0 Å². The predicted octanol–water partition coefficient (Wildman–Crippen LogP) is 2.21. The van der Waals surface area contributed by atoms with E-state index in [0.717, 1.165) is 25.9 Å². The molecule has 2 aliphatic rings. The number of nitrogens with two attached hydrogens (primary N) is 1. The minimum absolute atomic E-state index is 0.0128. The van der Waals surface area contributed by atoms with Crippen molar-refractivity contribution in [2.75, 3.05) is 13.7 Å². The van der Waals surface area contributed by atoms with Crippen LogP contribution in [0.4, 0.5) is 0 Å². The number of thiophene rings is 1. The monoisotopic (exact) mass is 279 g/mol. The fourth-order valence-electron chi connectivity index (χ4n) is 3.43. The first-order valence-electron chi connectivity index (χ1n) is 6.89.